The molecule has 3 rings (SSSR count). The molecule has 148 valence electrons. The lowest BCUT2D eigenvalue weighted by molar-refractivity contribution is 0.120. The number of H-pyrrole nitrogens is 1. The van der Waals surface area contributed by atoms with Gasteiger partial charge in [-0.25, -0.2) is 4.79 Å². The highest BCUT2D eigenvalue weighted by Gasteiger charge is 2.15. The maximum Gasteiger partial charge on any atom is 0.409 e. The minimum absolute atomic E-state index is 0.302. The van der Waals surface area contributed by atoms with Crippen LogP contribution < -0.4 is 5.32 Å². The van der Waals surface area contributed by atoms with Crippen molar-refractivity contribution >= 4 is 46.4 Å². The molecule has 0 spiro atoms. The number of benzene rings is 1. The molecule has 0 radical (unpaired) electrons. The number of rotatable bonds is 7. The first-order chi connectivity index (χ1) is 13.4. The molecule has 0 unspecified atom stereocenters. The fourth-order valence-corrected chi connectivity index (χ4v) is 3.29. The van der Waals surface area contributed by atoms with Crippen LogP contribution in [0.4, 0.5) is 15.1 Å². The van der Waals surface area contributed by atoms with Crippen LogP contribution in [0.15, 0.2) is 30.3 Å². The largest absolute Gasteiger partial charge is 0.453 e. The zero-order chi connectivity index (χ0) is 20.1. The van der Waals surface area contributed by atoms with Gasteiger partial charge in [0.2, 0.25) is 11.9 Å². The predicted molar refractivity (Wildman–Crippen MR) is 106 cm³/mol. The van der Waals surface area contributed by atoms with E-state index in [2.05, 4.69) is 20.3 Å². The maximum atomic E-state index is 13.1. The molecule has 2 aromatic heterocycles. The van der Waals surface area contributed by atoms with Gasteiger partial charge >= 0.3 is 6.09 Å². The van der Waals surface area contributed by atoms with E-state index in [4.69, 9.17) is 27.9 Å². The number of aromatic nitrogens is 3. The van der Waals surface area contributed by atoms with Gasteiger partial charge in [-0.05, 0) is 42.3 Å². The van der Waals surface area contributed by atoms with Gasteiger partial charge in [0.25, 0.3) is 0 Å². The van der Waals surface area contributed by atoms with E-state index in [1.54, 1.807) is 29.2 Å². The molecule has 1 amide bonds. The minimum Gasteiger partial charge on any atom is -0.453 e. The number of carbonyl (C=O) groups is 1. The second-order valence-electron chi connectivity index (χ2n) is 6.04. The Hall–Kier alpha value is -2.58. The highest BCUT2D eigenvalue weighted by Crippen LogP contribution is 2.20. The second kappa shape index (κ2) is 9.07. The van der Waals surface area contributed by atoms with Crippen LogP contribution in [0.1, 0.15) is 12.0 Å². The Bertz CT molecular complexity index is 962. The number of amides is 1. The van der Waals surface area contributed by atoms with Gasteiger partial charge in [0.1, 0.15) is 0 Å². The monoisotopic (exact) mass is 425 g/mol. The summed E-state index contributed by atoms with van der Waals surface area (Å²) in [5.74, 6) is -0.0975. The number of halogens is 3. The quantitative estimate of drug-likeness (QED) is 0.430. The molecular formula is C18H18Cl2FN5O2. The van der Waals surface area contributed by atoms with E-state index in [-0.39, 0.29) is 0 Å². The summed E-state index contributed by atoms with van der Waals surface area (Å²) in [6.07, 6.45) is 0.182. The van der Waals surface area contributed by atoms with Gasteiger partial charge < -0.3 is 19.9 Å². The molecular weight excluding hydrogens is 408 g/mol. The van der Waals surface area contributed by atoms with Crippen LogP contribution in [0, 0.1) is 5.95 Å². The highest BCUT2D eigenvalue weighted by molar-refractivity contribution is 6.34. The summed E-state index contributed by atoms with van der Waals surface area (Å²) in [5.41, 5.74) is 1.75. The van der Waals surface area contributed by atoms with E-state index in [9.17, 15) is 9.18 Å². The van der Waals surface area contributed by atoms with Crippen molar-refractivity contribution in [2.24, 2.45) is 0 Å². The molecule has 2 N–H and O–H groups in total. The molecule has 0 aliphatic rings. The van der Waals surface area contributed by atoms with Gasteiger partial charge in [-0.2, -0.15) is 14.4 Å². The van der Waals surface area contributed by atoms with Gasteiger partial charge in [0.15, 0.2) is 5.65 Å². The van der Waals surface area contributed by atoms with Crippen LogP contribution in [-0.2, 0) is 11.3 Å². The van der Waals surface area contributed by atoms with Crippen LogP contribution in [-0.4, -0.2) is 46.1 Å². The highest BCUT2D eigenvalue weighted by atomic mass is 35.5. The van der Waals surface area contributed by atoms with Gasteiger partial charge in [-0.1, -0.05) is 23.2 Å². The number of methoxy groups -OCH3 is 1. The van der Waals surface area contributed by atoms with E-state index in [1.165, 1.54) is 13.2 Å². The zero-order valence-electron chi connectivity index (χ0n) is 15.0. The molecule has 0 saturated heterocycles. The first kappa shape index (κ1) is 20.2. The van der Waals surface area contributed by atoms with Gasteiger partial charge in [0, 0.05) is 29.7 Å². The van der Waals surface area contributed by atoms with Crippen molar-refractivity contribution < 1.29 is 13.9 Å². The van der Waals surface area contributed by atoms with Crippen LogP contribution >= 0.6 is 23.2 Å². The number of ether oxygens (including phenoxy) is 1. The Kier molecular flexibility index (Phi) is 6.53. The van der Waals surface area contributed by atoms with Crippen LogP contribution in [0.3, 0.4) is 0 Å². The summed E-state index contributed by atoms with van der Waals surface area (Å²) in [6, 6.07) is 7.98. The lowest BCUT2D eigenvalue weighted by Crippen LogP contribution is -2.32. The standard InChI is InChI=1S/C18H18Cl2FN5O2/c1-28-18(27)26(10-11-7-12(19)9-13(20)8-11)6-2-5-22-17-23-14-3-4-15(21)24-16(14)25-17/h3-4,7-9H,2,5-6,10H2,1H3,(H2,22,23,24,25). The van der Waals surface area contributed by atoms with Crippen molar-refractivity contribution in [3.05, 3.63) is 51.9 Å². The molecule has 1 aromatic carbocycles. The first-order valence-corrected chi connectivity index (χ1v) is 9.24. The van der Waals surface area contributed by atoms with E-state index in [1.807, 2.05) is 0 Å². The number of hydrogen-bond acceptors (Lipinski definition) is 5. The van der Waals surface area contributed by atoms with Crippen LogP contribution in [0.25, 0.3) is 11.2 Å². The number of carbonyl (C=O) groups excluding carboxylic acids is 1. The Morgan fingerprint density at radius 1 is 1.25 bits per heavy atom. The molecule has 2 heterocycles. The second-order valence-corrected chi connectivity index (χ2v) is 6.91. The number of anilines is 1. The number of pyridine rings is 1. The summed E-state index contributed by atoms with van der Waals surface area (Å²) in [4.78, 5) is 24.5. The number of hydrogen-bond donors (Lipinski definition) is 2. The average Bonchev–Trinajstić information content (AvgIpc) is 3.04. The van der Waals surface area contributed by atoms with Crippen molar-refractivity contribution in [3.8, 4) is 0 Å². The molecule has 0 fully saturated rings. The molecule has 0 aliphatic heterocycles. The first-order valence-electron chi connectivity index (χ1n) is 8.48. The fourth-order valence-electron chi connectivity index (χ4n) is 2.72. The minimum atomic E-state index is -0.583. The number of imidazole rings is 1. The molecule has 10 heteroatoms. The topological polar surface area (TPSA) is 83.1 Å². The summed E-state index contributed by atoms with van der Waals surface area (Å²) in [7, 11) is 1.33. The van der Waals surface area contributed by atoms with Crippen molar-refractivity contribution in [1.82, 2.24) is 19.9 Å². The average molecular weight is 426 g/mol. The molecule has 28 heavy (non-hydrogen) atoms. The van der Waals surface area contributed by atoms with E-state index in [0.717, 1.165) is 5.56 Å². The zero-order valence-corrected chi connectivity index (χ0v) is 16.5. The lowest BCUT2D eigenvalue weighted by Gasteiger charge is -2.21. The van der Waals surface area contributed by atoms with E-state index >= 15 is 0 Å². The van der Waals surface area contributed by atoms with Crippen molar-refractivity contribution in [2.45, 2.75) is 13.0 Å². The summed E-state index contributed by atoms with van der Waals surface area (Å²) < 4.78 is 18.0. The number of aromatic amines is 1. The Morgan fingerprint density at radius 2 is 2.00 bits per heavy atom. The number of fused-ring (bicyclic) bond motifs is 1. The van der Waals surface area contributed by atoms with Gasteiger partial charge in [0.05, 0.1) is 12.6 Å². The third-order valence-corrected chi connectivity index (χ3v) is 4.37. The summed E-state index contributed by atoms with van der Waals surface area (Å²) >= 11 is 12.0. The van der Waals surface area contributed by atoms with Crippen molar-refractivity contribution in [3.63, 3.8) is 0 Å². The Labute approximate surface area is 170 Å². The summed E-state index contributed by atoms with van der Waals surface area (Å²) in [5, 5.41) is 4.11. The number of nitrogens with one attached hydrogen (secondary N) is 2. The molecule has 0 saturated carbocycles. The lowest BCUT2D eigenvalue weighted by atomic mass is 10.2. The summed E-state index contributed by atoms with van der Waals surface area (Å²) in [6.45, 7) is 1.30. The normalized spacial score (nSPS) is 10.9. The third kappa shape index (κ3) is 5.24. The smallest absolute Gasteiger partial charge is 0.409 e. The molecule has 7 nitrogen and oxygen atoms in total. The van der Waals surface area contributed by atoms with Crippen LogP contribution in [0.2, 0.25) is 10.0 Å². The van der Waals surface area contributed by atoms with E-state index in [0.29, 0.717) is 53.2 Å². The molecule has 3 aromatic rings. The fraction of sp³-hybridized carbons (Fsp3) is 0.278. The SMILES string of the molecule is COC(=O)N(CCCNc1nc2nc(F)ccc2[nH]1)Cc1cc(Cl)cc(Cl)c1. The number of nitrogens with zero attached hydrogens (tertiary/aromatic N) is 3. The Morgan fingerprint density at radius 3 is 2.71 bits per heavy atom. The predicted octanol–water partition coefficient (Wildman–Crippen LogP) is 4.47. The molecule has 0 aliphatic carbocycles. The molecule has 0 atom stereocenters. The van der Waals surface area contributed by atoms with Crippen molar-refractivity contribution in [2.75, 3.05) is 25.5 Å². The third-order valence-electron chi connectivity index (χ3n) is 3.94. The van der Waals surface area contributed by atoms with Gasteiger partial charge in [-0.15, -0.1) is 0 Å². The maximum absolute atomic E-state index is 13.1. The molecule has 0 bridgehead atoms. The Balaban J connectivity index is 1.56. The van der Waals surface area contributed by atoms with E-state index < -0.39 is 12.0 Å². The van der Waals surface area contributed by atoms with Gasteiger partial charge in [-0.3, -0.25) is 0 Å². The van der Waals surface area contributed by atoms with Crippen molar-refractivity contribution in [1.29, 1.82) is 0 Å². The van der Waals surface area contributed by atoms with Crippen LogP contribution in [0.5, 0.6) is 0 Å².